The van der Waals surface area contributed by atoms with E-state index in [1.165, 1.54) is 12.1 Å². The zero-order valence-electron chi connectivity index (χ0n) is 14.0. The first-order valence-corrected chi connectivity index (χ1v) is 7.85. The van der Waals surface area contributed by atoms with Crippen molar-refractivity contribution in [2.24, 2.45) is 0 Å². The van der Waals surface area contributed by atoms with Gasteiger partial charge in [-0.25, -0.2) is 4.39 Å². The molecule has 0 bridgehead atoms. The highest BCUT2D eigenvalue weighted by Gasteiger charge is 2.10. The lowest BCUT2D eigenvalue weighted by atomic mass is 10.2. The maximum Gasteiger partial charge on any atom is 0.269 e. The lowest BCUT2D eigenvalue weighted by Crippen LogP contribution is -2.46. The Balaban J connectivity index is 1.76. The van der Waals surface area contributed by atoms with Gasteiger partial charge in [0.25, 0.3) is 17.7 Å². The molecular weight excluding hydrogens is 341 g/mol. The average molecular weight is 359 g/mol. The molecule has 2 aromatic rings. The minimum absolute atomic E-state index is 0.185. The number of hydrazine groups is 1. The van der Waals surface area contributed by atoms with Gasteiger partial charge in [0.05, 0.1) is 13.2 Å². The summed E-state index contributed by atoms with van der Waals surface area (Å²) in [6, 6.07) is 11.3. The van der Waals surface area contributed by atoms with Gasteiger partial charge in [0.2, 0.25) is 0 Å². The van der Waals surface area contributed by atoms with Gasteiger partial charge in [0.15, 0.2) is 0 Å². The van der Waals surface area contributed by atoms with Crippen LogP contribution in [0.4, 0.5) is 4.39 Å². The Labute approximate surface area is 149 Å². The third-order valence-corrected chi connectivity index (χ3v) is 3.26. The van der Waals surface area contributed by atoms with Crippen LogP contribution < -0.4 is 20.9 Å². The van der Waals surface area contributed by atoms with E-state index in [-0.39, 0.29) is 12.1 Å². The van der Waals surface area contributed by atoms with Crippen LogP contribution in [-0.4, -0.2) is 30.9 Å². The summed E-state index contributed by atoms with van der Waals surface area (Å²) in [4.78, 5) is 35.4. The molecule has 0 aliphatic heterocycles. The van der Waals surface area contributed by atoms with E-state index in [1.807, 2.05) is 6.92 Å². The van der Waals surface area contributed by atoms with E-state index < -0.39 is 23.5 Å². The van der Waals surface area contributed by atoms with Gasteiger partial charge in [-0.2, -0.15) is 0 Å². The van der Waals surface area contributed by atoms with E-state index in [2.05, 4.69) is 16.2 Å². The summed E-state index contributed by atoms with van der Waals surface area (Å²) in [5, 5.41) is 2.43. The van der Waals surface area contributed by atoms with Gasteiger partial charge in [-0.05, 0) is 55.5 Å². The van der Waals surface area contributed by atoms with Crippen molar-refractivity contribution in [3.05, 3.63) is 65.5 Å². The zero-order chi connectivity index (χ0) is 18.9. The molecule has 2 aromatic carbocycles. The largest absolute Gasteiger partial charge is 0.494 e. The molecule has 26 heavy (non-hydrogen) atoms. The second-order valence-electron chi connectivity index (χ2n) is 5.15. The van der Waals surface area contributed by atoms with Gasteiger partial charge in [-0.3, -0.25) is 25.2 Å². The molecule has 3 amide bonds. The highest BCUT2D eigenvalue weighted by atomic mass is 19.1. The van der Waals surface area contributed by atoms with Crippen molar-refractivity contribution in [1.82, 2.24) is 16.2 Å². The highest BCUT2D eigenvalue weighted by Crippen LogP contribution is 2.11. The number of carbonyl (C=O) groups is 3. The summed E-state index contributed by atoms with van der Waals surface area (Å²) >= 11 is 0. The summed E-state index contributed by atoms with van der Waals surface area (Å²) in [5.41, 5.74) is 4.89. The number of hydrogen-bond donors (Lipinski definition) is 3. The number of rotatable bonds is 6. The van der Waals surface area contributed by atoms with E-state index in [9.17, 15) is 18.8 Å². The van der Waals surface area contributed by atoms with E-state index in [1.54, 1.807) is 24.3 Å². The van der Waals surface area contributed by atoms with Crippen molar-refractivity contribution in [3.8, 4) is 5.75 Å². The number of benzene rings is 2. The number of ether oxygens (including phenoxy) is 1. The standard InChI is InChI=1S/C18H18FN3O4/c1-2-26-15-9-5-12(6-10-15)17(24)20-11-16(23)21-22-18(25)13-3-7-14(19)8-4-13/h3-10H,2,11H2,1H3,(H,20,24)(H,21,23)(H,22,25). The maximum absolute atomic E-state index is 12.8. The smallest absolute Gasteiger partial charge is 0.269 e. The first-order chi connectivity index (χ1) is 12.5. The predicted molar refractivity (Wildman–Crippen MR) is 92.0 cm³/mol. The van der Waals surface area contributed by atoms with Crippen molar-refractivity contribution in [1.29, 1.82) is 0 Å². The van der Waals surface area contributed by atoms with Crippen LogP contribution in [0.15, 0.2) is 48.5 Å². The number of amides is 3. The highest BCUT2D eigenvalue weighted by molar-refractivity contribution is 5.98. The fourth-order valence-corrected chi connectivity index (χ4v) is 1.98. The van der Waals surface area contributed by atoms with Crippen molar-refractivity contribution in [3.63, 3.8) is 0 Å². The molecule has 0 aliphatic rings. The van der Waals surface area contributed by atoms with E-state index >= 15 is 0 Å². The molecule has 0 atom stereocenters. The van der Waals surface area contributed by atoms with E-state index in [4.69, 9.17) is 4.74 Å². The zero-order valence-corrected chi connectivity index (χ0v) is 14.0. The third kappa shape index (κ3) is 5.59. The Hall–Kier alpha value is -3.42. The Morgan fingerprint density at radius 1 is 0.885 bits per heavy atom. The molecule has 0 aliphatic carbocycles. The van der Waals surface area contributed by atoms with Crippen LogP contribution in [-0.2, 0) is 4.79 Å². The van der Waals surface area contributed by atoms with Crippen LogP contribution in [0.5, 0.6) is 5.75 Å². The Morgan fingerprint density at radius 3 is 2.08 bits per heavy atom. The minimum atomic E-state index is -0.611. The summed E-state index contributed by atoms with van der Waals surface area (Å²) in [5.74, 6) is -1.48. The maximum atomic E-state index is 12.8. The van der Waals surface area contributed by atoms with Gasteiger partial charge in [-0.1, -0.05) is 0 Å². The Bertz CT molecular complexity index is 776. The second-order valence-corrected chi connectivity index (χ2v) is 5.15. The van der Waals surface area contributed by atoms with Crippen molar-refractivity contribution >= 4 is 17.7 Å². The fourth-order valence-electron chi connectivity index (χ4n) is 1.98. The molecule has 8 heteroatoms. The fraction of sp³-hybridized carbons (Fsp3) is 0.167. The molecule has 136 valence electrons. The van der Waals surface area contributed by atoms with Crippen LogP contribution in [0.25, 0.3) is 0 Å². The number of nitrogens with one attached hydrogen (secondary N) is 3. The molecule has 0 heterocycles. The average Bonchev–Trinajstić information content (AvgIpc) is 2.65. The first kappa shape index (κ1) is 18.9. The van der Waals surface area contributed by atoms with Gasteiger partial charge in [0, 0.05) is 11.1 Å². The first-order valence-electron chi connectivity index (χ1n) is 7.85. The lowest BCUT2D eigenvalue weighted by Gasteiger charge is -2.09. The normalized spacial score (nSPS) is 9.92. The lowest BCUT2D eigenvalue weighted by molar-refractivity contribution is -0.120. The summed E-state index contributed by atoms with van der Waals surface area (Å²) in [6.07, 6.45) is 0. The Kier molecular flexibility index (Phi) is 6.67. The van der Waals surface area contributed by atoms with Crippen LogP contribution in [0.3, 0.4) is 0 Å². The van der Waals surface area contributed by atoms with Crippen LogP contribution in [0.2, 0.25) is 0 Å². The van der Waals surface area contributed by atoms with Gasteiger partial charge < -0.3 is 10.1 Å². The molecule has 7 nitrogen and oxygen atoms in total. The molecule has 0 radical (unpaired) electrons. The van der Waals surface area contributed by atoms with Crippen molar-refractivity contribution < 1.29 is 23.5 Å². The number of carbonyl (C=O) groups excluding carboxylic acids is 3. The van der Waals surface area contributed by atoms with Crippen LogP contribution >= 0.6 is 0 Å². The number of hydrogen-bond acceptors (Lipinski definition) is 4. The molecule has 0 saturated heterocycles. The Morgan fingerprint density at radius 2 is 1.46 bits per heavy atom. The molecule has 0 aromatic heterocycles. The minimum Gasteiger partial charge on any atom is -0.494 e. The van der Waals surface area contributed by atoms with Crippen LogP contribution in [0.1, 0.15) is 27.6 Å². The van der Waals surface area contributed by atoms with Gasteiger partial charge >= 0.3 is 0 Å². The second kappa shape index (κ2) is 9.16. The summed E-state index contributed by atoms with van der Waals surface area (Å²) in [6.45, 7) is 2.05. The van der Waals surface area contributed by atoms with Gasteiger partial charge in [0.1, 0.15) is 11.6 Å². The van der Waals surface area contributed by atoms with Crippen LogP contribution in [0, 0.1) is 5.82 Å². The van der Waals surface area contributed by atoms with Gasteiger partial charge in [-0.15, -0.1) is 0 Å². The topological polar surface area (TPSA) is 96.5 Å². The molecule has 0 saturated carbocycles. The molecule has 3 N–H and O–H groups in total. The molecule has 0 spiro atoms. The third-order valence-electron chi connectivity index (χ3n) is 3.26. The predicted octanol–water partition coefficient (Wildman–Crippen LogP) is 1.42. The molecular formula is C18H18FN3O4. The molecule has 0 fully saturated rings. The van der Waals surface area contributed by atoms with Crippen molar-refractivity contribution in [2.75, 3.05) is 13.2 Å². The SMILES string of the molecule is CCOc1ccc(C(=O)NCC(=O)NNC(=O)c2ccc(F)cc2)cc1. The molecule has 2 rings (SSSR count). The van der Waals surface area contributed by atoms with E-state index in [0.29, 0.717) is 17.9 Å². The van der Waals surface area contributed by atoms with E-state index in [0.717, 1.165) is 12.1 Å². The monoisotopic (exact) mass is 359 g/mol. The van der Waals surface area contributed by atoms with Crippen molar-refractivity contribution in [2.45, 2.75) is 6.92 Å². The summed E-state index contributed by atoms with van der Waals surface area (Å²) in [7, 11) is 0. The number of halogens is 1. The quantitative estimate of drug-likeness (QED) is 0.680. The molecule has 0 unspecified atom stereocenters. The summed E-state index contributed by atoms with van der Waals surface area (Å²) < 4.78 is 18.1.